The molecule has 8 rings (SSSR count). The monoisotopic (exact) mass is 1010 g/mol. The van der Waals surface area contributed by atoms with Gasteiger partial charge in [-0.25, -0.2) is 19.6 Å². The molecule has 0 fully saturated rings. The molecule has 0 bridgehead atoms. The number of fused-ring (bicyclic) bond motifs is 2. The van der Waals surface area contributed by atoms with Gasteiger partial charge in [-0.1, -0.05) is 59.7 Å². The first-order valence-corrected chi connectivity index (χ1v) is 27.2. The quantitative estimate of drug-likeness (QED) is 0.0480. The Morgan fingerprint density at radius 1 is 0.556 bits per heavy atom. The molecule has 2 unspecified atom stereocenters. The maximum absolute atomic E-state index is 12.9. The Balaban J connectivity index is 0.642. The molecule has 72 heavy (non-hydrogen) atoms. The standard InChI is InChI=1S/C52H62N12O6S2/c1-35-27-47(67)63(59-49(35)37-7-11-43(12-8-37)57-51(69)61-31-39-15-21-53-29-41(39)33-61)23-5-3-19-55-45(65)17-25-71-72-26-18-46(66)56-20-4-6-24-64-48(68)28-36(2)50(60-64)38-9-13-44(14-10-38)58-52(70)62-32-40-16-22-54-30-42(40)34-62/h7-16,21-22,29-30,35-36H,3-6,17-20,23-28,31-34H2,1-2H3,(H,55,65)(H,56,66)(H,57,69)(H,58,70). The Hall–Kier alpha value is -6.80. The van der Waals surface area contributed by atoms with Gasteiger partial charge in [-0.2, -0.15) is 10.2 Å². The van der Waals surface area contributed by atoms with Gasteiger partial charge in [0, 0.05) is 138 Å². The van der Waals surface area contributed by atoms with Crippen LogP contribution in [0.25, 0.3) is 0 Å². The van der Waals surface area contributed by atoms with E-state index >= 15 is 0 Å². The number of nitrogens with one attached hydrogen (secondary N) is 4. The molecule has 0 saturated carbocycles. The van der Waals surface area contributed by atoms with Crippen molar-refractivity contribution in [2.45, 2.75) is 91.4 Å². The number of benzene rings is 2. The van der Waals surface area contributed by atoms with Crippen molar-refractivity contribution >= 4 is 80.1 Å². The minimum absolute atomic E-state index is 0.0241. The summed E-state index contributed by atoms with van der Waals surface area (Å²) in [7, 11) is 3.14. The number of carbonyl (C=O) groups is 6. The van der Waals surface area contributed by atoms with Crippen LogP contribution in [0.1, 0.15) is 98.6 Å². The molecule has 6 heterocycles. The van der Waals surface area contributed by atoms with Crippen LogP contribution in [0, 0.1) is 11.8 Å². The van der Waals surface area contributed by atoms with Crippen LogP contribution in [0.3, 0.4) is 0 Å². The SMILES string of the molecule is CC1CC(=O)N(CCCCNC(=O)CCSSCCC(=O)NCCCCN2N=C(c3ccc(NC(=O)N4Cc5ccncc5C4)cc3)C(C)CC2=O)N=C1c1ccc(NC(=O)N2Cc3ccncc3C2)cc1. The molecule has 2 aromatic carbocycles. The van der Waals surface area contributed by atoms with Crippen molar-refractivity contribution in [1.29, 1.82) is 0 Å². The third kappa shape index (κ3) is 14.0. The van der Waals surface area contributed by atoms with Gasteiger partial charge in [0.1, 0.15) is 0 Å². The molecule has 8 amide bonds. The lowest BCUT2D eigenvalue weighted by Crippen LogP contribution is -2.37. The van der Waals surface area contributed by atoms with Crippen LogP contribution in [0.15, 0.2) is 95.7 Å². The molecule has 4 N–H and O–H groups in total. The van der Waals surface area contributed by atoms with Crippen molar-refractivity contribution < 1.29 is 28.8 Å². The molecule has 2 aromatic heterocycles. The third-order valence-corrected chi connectivity index (χ3v) is 15.4. The zero-order valence-electron chi connectivity index (χ0n) is 40.8. The number of pyridine rings is 2. The fourth-order valence-corrected chi connectivity index (χ4v) is 10.9. The van der Waals surface area contributed by atoms with Crippen molar-refractivity contribution in [3.05, 3.63) is 119 Å². The number of carbonyl (C=O) groups excluding carboxylic acids is 6. The van der Waals surface area contributed by atoms with Crippen LogP contribution in [0.5, 0.6) is 0 Å². The van der Waals surface area contributed by atoms with Crippen molar-refractivity contribution in [3.63, 3.8) is 0 Å². The highest BCUT2D eigenvalue weighted by Crippen LogP contribution is 2.28. The maximum Gasteiger partial charge on any atom is 0.322 e. The number of hydrogen-bond acceptors (Lipinski definition) is 12. The molecule has 20 heteroatoms. The molecule has 378 valence electrons. The predicted molar refractivity (Wildman–Crippen MR) is 281 cm³/mol. The van der Waals surface area contributed by atoms with E-state index in [1.54, 1.807) is 56.2 Å². The summed E-state index contributed by atoms with van der Waals surface area (Å²) >= 11 is 0. The summed E-state index contributed by atoms with van der Waals surface area (Å²) < 4.78 is 0. The molecule has 0 aliphatic carbocycles. The summed E-state index contributed by atoms with van der Waals surface area (Å²) in [5.74, 6) is 1.05. The topological polar surface area (TPSA) is 214 Å². The normalized spacial score (nSPS) is 17.2. The number of rotatable bonds is 21. The van der Waals surface area contributed by atoms with Crippen LogP contribution in [0.4, 0.5) is 21.0 Å². The summed E-state index contributed by atoms with van der Waals surface area (Å²) in [4.78, 5) is 88.3. The van der Waals surface area contributed by atoms with E-state index in [2.05, 4.69) is 31.2 Å². The Bertz CT molecular complexity index is 2440. The number of unbranched alkanes of at least 4 members (excludes halogenated alkanes) is 2. The molecular formula is C52H62N12O6S2. The summed E-state index contributed by atoms with van der Waals surface area (Å²) in [5, 5.41) is 24.4. The Kier molecular flexibility index (Phi) is 17.9. The fraction of sp³-hybridized carbons (Fsp3) is 0.423. The van der Waals surface area contributed by atoms with Crippen molar-refractivity contribution in [2.24, 2.45) is 22.0 Å². The molecular weight excluding hydrogens is 953 g/mol. The summed E-state index contributed by atoms with van der Waals surface area (Å²) in [6.07, 6.45) is 11.3. The van der Waals surface area contributed by atoms with Gasteiger partial charge in [-0.3, -0.25) is 29.1 Å². The number of aromatic nitrogens is 2. The molecule has 18 nitrogen and oxygen atoms in total. The second kappa shape index (κ2) is 25.0. The smallest absolute Gasteiger partial charge is 0.322 e. The second-order valence-corrected chi connectivity index (χ2v) is 21.2. The van der Waals surface area contributed by atoms with E-state index in [0.29, 0.717) is 127 Å². The van der Waals surface area contributed by atoms with E-state index < -0.39 is 0 Å². The van der Waals surface area contributed by atoms with Gasteiger partial charge in [-0.15, -0.1) is 0 Å². The Morgan fingerprint density at radius 2 is 0.958 bits per heavy atom. The first-order chi connectivity index (χ1) is 35.0. The highest BCUT2D eigenvalue weighted by atomic mass is 33.1. The molecule has 4 aliphatic heterocycles. The lowest BCUT2D eigenvalue weighted by molar-refractivity contribution is -0.133. The largest absolute Gasteiger partial charge is 0.356 e. The second-order valence-electron chi connectivity index (χ2n) is 18.5. The van der Waals surface area contributed by atoms with Crippen LogP contribution >= 0.6 is 21.6 Å². The van der Waals surface area contributed by atoms with Crippen LogP contribution < -0.4 is 21.3 Å². The highest BCUT2D eigenvalue weighted by molar-refractivity contribution is 8.76. The summed E-state index contributed by atoms with van der Waals surface area (Å²) in [5.41, 5.74) is 9.13. The van der Waals surface area contributed by atoms with E-state index in [1.165, 1.54) is 10.0 Å². The lowest BCUT2D eigenvalue weighted by atomic mass is 9.93. The van der Waals surface area contributed by atoms with Gasteiger partial charge < -0.3 is 31.1 Å². The van der Waals surface area contributed by atoms with Crippen molar-refractivity contribution in [1.82, 2.24) is 40.4 Å². The van der Waals surface area contributed by atoms with Crippen molar-refractivity contribution in [2.75, 3.05) is 48.3 Å². The van der Waals surface area contributed by atoms with Gasteiger partial charge in [0.05, 0.1) is 11.4 Å². The average molecular weight is 1020 g/mol. The van der Waals surface area contributed by atoms with Crippen molar-refractivity contribution in [3.8, 4) is 0 Å². The lowest BCUT2D eigenvalue weighted by Gasteiger charge is -2.28. The van der Waals surface area contributed by atoms with E-state index in [-0.39, 0.29) is 47.5 Å². The van der Waals surface area contributed by atoms with E-state index in [9.17, 15) is 28.8 Å². The minimum atomic E-state index is -0.173. The van der Waals surface area contributed by atoms with Crippen LogP contribution in [-0.4, -0.2) is 115 Å². The van der Waals surface area contributed by atoms with Crippen LogP contribution in [0.2, 0.25) is 0 Å². The first-order valence-electron chi connectivity index (χ1n) is 24.7. The summed E-state index contributed by atoms with van der Waals surface area (Å²) in [6.45, 7) is 8.06. The van der Waals surface area contributed by atoms with Crippen LogP contribution in [-0.2, 0) is 45.4 Å². The van der Waals surface area contributed by atoms with Gasteiger partial charge >= 0.3 is 12.1 Å². The van der Waals surface area contributed by atoms with E-state index in [4.69, 9.17) is 10.2 Å². The molecule has 0 spiro atoms. The number of hydrogen-bond donors (Lipinski definition) is 4. The predicted octanol–water partition coefficient (Wildman–Crippen LogP) is 7.37. The average Bonchev–Trinajstić information content (AvgIpc) is 4.02. The Labute approximate surface area is 428 Å². The molecule has 4 aromatic rings. The number of nitrogens with zero attached hydrogens (tertiary/aromatic N) is 8. The summed E-state index contributed by atoms with van der Waals surface area (Å²) in [6, 6.07) is 18.6. The zero-order chi connectivity index (χ0) is 50.4. The highest BCUT2D eigenvalue weighted by Gasteiger charge is 2.30. The number of hydrazone groups is 2. The molecule has 4 aliphatic rings. The van der Waals surface area contributed by atoms with Gasteiger partial charge in [0.2, 0.25) is 23.6 Å². The minimum Gasteiger partial charge on any atom is -0.356 e. The maximum atomic E-state index is 12.9. The van der Waals surface area contributed by atoms with Gasteiger partial charge in [-0.05, 0) is 95.5 Å². The number of urea groups is 2. The van der Waals surface area contributed by atoms with Gasteiger partial charge in [0.25, 0.3) is 0 Å². The fourth-order valence-electron chi connectivity index (χ4n) is 8.90. The Morgan fingerprint density at radius 3 is 1.36 bits per heavy atom. The van der Waals surface area contributed by atoms with Gasteiger partial charge in [0.15, 0.2) is 0 Å². The molecule has 0 saturated heterocycles. The number of anilines is 2. The first kappa shape index (κ1) is 51.6. The molecule has 0 radical (unpaired) electrons. The molecule has 2 atom stereocenters. The van der Waals surface area contributed by atoms with E-state index in [1.807, 2.05) is 74.5 Å². The number of amides is 8. The zero-order valence-corrected chi connectivity index (χ0v) is 42.4. The third-order valence-electron chi connectivity index (χ3n) is 13.0. The van der Waals surface area contributed by atoms with E-state index in [0.717, 1.165) is 44.8 Å².